The van der Waals surface area contributed by atoms with E-state index in [1.54, 1.807) is 18.3 Å². The molecule has 3 heterocycles. The highest BCUT2D eigenvalue weighted by atomic mass is 19.1. The van der Waals surface area contributed by atoms with Gasteiger partial charge in [0.25, 0.3) is 0 Å². The van der Waals surface area contributed by atoms with Crippen LogP contribution >= 0.6 is 0 Å². The average Bonchev–Trinajstić information content (AvgIpc) is 3.12. The standard InChI is InChI=1S/C17H10F2N6O/c18-11-7-12(9-14(8-11)26-13-3-1-5-20-10-13)25-23-17(22-24-25)16-15(19)4-2-6-21-16/h1-10H. The smallest absolute Gasteiger partial charge is 0.226 e. The SMILES string of the molecule is Fc1cc(Oc2cccnc2)cc(-n2nnc(-c3ncccc3F)n2)c1. The van der Waals surface area contributed by atoms with Crippen LogP contribution in [0, 0.1) is 11.6 Å². The third-order valence-electron chi connectivity index (χ3n) is 3.34. The number of hydrogen-bond acceptors (Lipinski definition) is 6. The van der Waals surface area contributed by atoms with Gasteiger partial charge in [-0.1, -0.05) is 0 Å². The van der Waals surface area contributed by atoms with Gasteiger partial charge in [-0.15, -0.1) is 15.0 Å². The summed E-state index contributed by atoms with van der Waals surface area (Å²) in [6.45, 7) is 0. The van der Waals surface area contributed by atoms with Gasteiger partial charge in [-0.3, -0.25) is 4.98 Å². The summed E-state index contributed by atoms with van der Waals surface area (Å²) in [5, 5.41) is 11.7. The molecule has 7 nitrogen and oxygen atoms in total. The minimum atomic E-state index is -0.577. The van der Waals surface area contributed by atoms with Crippen LogP contribution < -0.4 is 4.74 Å². The fraction of sp³-hybridized carbons (Fsp3) is 0. The van der Waals surface area contributed by atoms with Crippen LogP contribution in [0.1, 0.15) is 0 Å². The summed E-state index contributed by atoms with van der Waals surface area (Å²) < 4.78 is 33.3. The van der Waals surface area contributed by atoms with E-state index in [9.17, 15) is 8.78 Å². The summed E-state index contributed by atoms with van der Waals surface area (Å²) in [7, 11) is 0. The predicted molar refractivity (Wildman–Crippen MR) is 86.6 cm³/mol. The van der Waals surface area contributed by atoms with Crippen molar-refractivity contribution >= 4 is 0 Å². The van der Waals surface area contributed by atoms with E-state index < -0.39 is 11.6 Å². The molecular weight excluding hydrogens is 342 g/mol. The molecule has 0 amide bonds. The Bertz CT molecular complexity index is 1050. The van der Waals surface area contributed by atoms with Crippen LogP contribution in [0.4, 0.5) is 8.78 Å². The Balaban J connectivity index is 1.67. The fourth-order valence-corrected chi connectivity index (χ4v) is 2.23. The number of halogens is 2. The van der Waals surface area contributed by atoms with Gasteiger partial charge in [-0.05, 0) is 29.5 Å². The number of benzene rings is 1. The van der Waals surface area contributed by atoms with Gasteiger partial charge in [-0.25, -0.2) is 13.8 Å². The molecule has 0 saturated carbocycles. The highest BCUT2D eigenvalue weighted by molar-refractivity contribution is 5.49. The van der Waals surface area contributed by atoms with Crippen LogP contribution in [-0.2, 0) is 0 Å². The first kappa shape index (κ1) is 15.8. The third-order valence-corrected chi connectivity index (χ3v) is 3.34. The Morgan fingerprint density at radius 3 is 2.65 bits per heavy atom. The van der Waals surface area contributed by atoms with Crippen LogP contribution in [0.25, 0.3) is 17.2 Å². The average molecular weight is 352 g/mol. The van der Waals surface area contributed by atoms with Gasteiger partial charge in [0.1, 0.15) is 23.0 Å². The van der Waals surface area contributed by atoms with E-state index in [0.717, 1.165) is 4.80 Å². The van der Waals surface area contributed by atoms with Crippen molar-refractivity contribution in [1.82, 2.24) is 30.2 Å². The summed E-state index contributed by atoms with van der Waals surface area (Å²) >= 11 is 0. The van der Waals surface area contributed by atoms with Gasteiger partial charge in [0, 0.05) is 30.6 Å². The minimum Gasteiger partial charge on any atom is -0.456 e. The zero-order chi connectivity index (χ0) is 17.9. The second kappa shape index (κ2) is 6.63. The number of ether oxygens (including phenoxy) is 1. The van der Waals surface area contributed by atoms with Crippen LogP contribution in [0.3, 0.4) is 0 Å². The van der Waals surface area contributed by atoms with E-state index in [0.29, 0.717) is 5.75 Å². The lowest BCUT2D eigenvalue weighted by Gasteiger charge is -2.07. The number of aromatic nitrogens is 6. The maximum absolute atomic E-state index is 14.0. The van der Waals surface area contributed by atoms with Gasteiger partial charge in [0.15, 0.2) is 5.82 Å². The first-order valence-electron chi connectivity index (χ1n) is 7.49. The zero-order valence-corrected chi connectivity index (χ0v) is 13.1. The summed E-state index contributed by atoms with van der Waals surface area (Å²) in [5.41, 5.74) is 0.223. The molecule has 0 aliphatic rings. The zero-order valence-electron chi connectivity index (χ0n) is 13.1. The normalized spacial score (nSPS) is 10.7. The van der Waals surface area contributed by atoms with Crippen LogP contribution in [0.2, 0.25) is 0 Å². The lowest BCUT2D eigenvalue weighted by atomic mass is 10.3. The number of tetrazole rings is 1. The fourth-order valence-electron chi connectivity index (χ4n) is 2.23. The van der Waals surface area contributed by atoms with Gasteiger partial charge >= 0.3 is 0 Å². The van der Waals surface area contributed by atoms with Crippen LogP contribution in [0.5, 0.6) is 11.5 Å². The van der Waals surface area contributed by atoms with Crippen molar-refractivity contribution in [2.75, 3.05) is 0 Å². The molecule has 0 bridgehead atoms. The highest BCUT2D eigenvalue weighted by Crippen LogP contribution is 2.24. The molecule has 0 radical (unpaired) electrons. The van der Waals surface area contributed by atoms with Gasteiger partial charge in [0.05, 0.1) is 11.9 Å². The van der Waals surface area contributed by atoms with Crippen molar-refractivity contribution in [1.29, 1.82) is 0 Å². The molecule has 4 rings (SSSR count). The number of hydrogen-bond donors (Lipinski definition) is 0. The molecule has 0 fully saturated rings. The van der Waals surface area contributed by atoms with Crippen LogP contribution in [-0.4, -0.2) is 30.2 Å². The predicted octanol–water partition coefficient (Wildman–Crippen LogP) is 3.19. The summed E-state index contributed by atoms with van der Waals surface area (Å²) in [4.78, 5) is 8.89. The molecule has 4 aromatic rings. The monoisotopic (exact) mass is 352 g/mol. The van der Waals surface area contributed by atoms with Gasteiger partial charge in [-0.2, -0.15) is 0 Å². The van der Waals surface area contributed by atoms with Crippen molar-refractivity contribution in [3.8, 4) is 28.7 Å². The molecular formula is C17H10F2N6O. The number of rotatable bonds is 4. The Labute approximate surface area is 145 Å². The molecule has 26 heavy (non-hydrogen) atoms. The Hall–Kier alpha value is -3.75. The molecule has 0 spiro atoms. The summed E-state index contributed by atoms with van der Waals surface area (Å²) in [5.74, 6) is -0.457. The lowest BCUT2D eigenvalue weighted by Crippen LogP contribution is -2.01. The Kier molecular flexibility index (Phi) is 4.02. The van der Waals surface area contributed by atoms with E-state index in [1.807, 2.05) is 0 Å². The van der Waals surface area contributed by atoms with E-state index in [1.165, 1.54) is 42.7 Å². The Morgan fingerprint density at radius 1 is 0.962 bits per heavy atom. The lowest BCUT2D eigenvalue weighted by molar-refractivity contribution is 0.473. The molecule has 0 unspecified atom stereocenters. The molecule has 0 aliphatic carbocycles. The second-order valence-corrected chi connectivity index (χ2v) is 5.17. The van der Waals surface area contributed by atoms with Crippen molar-refractivity contribution < 1.29 is 13.5 Å². The van der Waals surface area contributed by atoms with E-state index in [2.05, 4.69) is 25.4 Å². The van der Waals surface area contributed by atoms with Crippen LogP contribution in [0.15, 0.2) is 61.1 Å². The molecule has 3 aromatic heterocycles. The third kappa shape index (κ3) is 3.22. The van der Waals surface area contributed by atoms with Crippen molar-refractivity contribution in [2.24, 2.45) is 0 Å². The van der Waals surface area contributed by atoms with Gasteiger partial charge in [0.2, 0.25) is 5.82 Å². The first-order chi connectivity index (χ1) is 12.7. The molecule has 9 heteroatoms. The summed E-state index contributed by atoms with van der Waals surface area (Å²) in [6, 6.07) is 10.0. The molecule has 0 atom stereocenters. The van der Waals surface area contributed by atoms with E-state index in [4.69, 9.17) is 4.74 Å². The Morgan fingerprint density at radius 2 is 1.85 bits per heavy atom. The highest BCUT2D eigenvalue weighted by Gasteiger charge is 2.14. The first-order valence-corrected chi connectivity index (χ1v) is 7.49. The largest absolute Gasteiger partial charge is 0.456 e. The van der Waals surface area contributed by atoms with E-state index >= 15 is 0 Å². The molecule has 128 valence electrons. The topological polar surface area (TPSA) is 78.6 Å². The molecule has 1 aromatic carbocycles. The molecule has 0 N–H and O–H groups in total. The van der Waals surface area contributed by atoms with Crippen molar-refractivity contribution in [3.05, 3.63) is 72.7 Å². The van der Waals surface area contributed by atoms with Crippen molar-refractivity contribution in [3.63, 3.8) is 0 Å². The minimum absolute atomic E-state index is 0.0120. The summed E-state index contributed by atoms with van der Waals surface area (Å²) in [6.07, 6.45) is 4.52. The maximum atomic E-state index is 14.0. The number of pyridine rings is 2. The maximum Gasteiger partial charge on any atom is 0.226 e. The van der Waals surface area contributed by atoms with Crippen molar-refractivity contribution in [2.45, 2.75) is 0 Å². The second-order valence-electron chi connectivity index (χ2n) is 5.17. The molecule has 0 aliphatic heterocycles. The quantitative estimate of drug-likeness (QED) is 0.561. The number of nitrogens with zero attached hydrogens (tertiary/aromatic N) is 6. The van der Waals surface area contributed by atoms with E-state index in [-0.39, 0.29) is 23.0 Å². The molecule has 0 saturated heterocycles. The van der Waals surface area contributed by atoms with Gasteiger partial charge < -0.3 is 4.74 Å².